The first kappa shape index (κ1) is 20.3. The number of hydrogen-bond donors (Lipinski definition) is 2. The highest BCUT2D eigenvalue weighted by Gasteiger charge is 2.20. The number of likely N-dealkylation sites (tertiary alicyclic amines) is 1. The van der Waals surface area contributed by atoms with Gasteiger partial charge in [-0.1, -0.05) is 41.9 Å². The standard InChI is InChI=1S/C20H25ClN2O3S/c1-15-6-7-18(21)12-20(15)27(25,26)22-13-16-4-2-3-5-17(16)14-23-10-8-19(24)9-11-23/h2-7,12,19,22,24H,8-11,13-14H2,1H3. The normalized spacial score (nSPS) is 16.6. The lowest BCUT2D eigenvalue weighted by molar-refractivity contribution is 0.0791. The van der Waals surface area contributed by atoms with Crippen LogP contribution in [0.2, 0.25) is 5.02 Å². The number of nitrogens with one attached hydrogen (secondary N) is 1. The van der Waals surface area contributed by atoms with Crippen molar-refractivity contribution in [2.75, 3.05) is 13.1 Å². The van der Waals surface area contributed by atoms with Gasteiger partial charge >= 0.3 is 0 Å². The van der Waals surface area contributed by atoms with E-state index in [-0.39, 0.29) is 17.5 Å². The molecule has 1 heterocycles. The first-order valence-electron chi connectivity index (χ1n) is 9.08. The van der Waals surface area contributed by atoms with Crippen molar-refractivity contribution in [3.8, 4) is 0 Å². The van der Waals surface area contributed by atoms with Gasteiger partial charge in [-0.25, -0.2) is 13.1 Å². The largest absolute Gasteiger partial charge is 0.393 e. The van der Waals surface area contributed by atoms with E-state index < -0.39 is 10.0 Å². The Kier molecular flexibility index (Phi) is 6.55. The lowest BCUT2D eigenvalue weighted by Crippen LogP contribution is -2.35. The van der Waals surface area contributed by atoms with Crippen molar-refractivity contribution in [3.05, 3.63) is 64.2 Å². The second-order valence-corrected chi connectivity index (χ2v) is 9.18. The summed E-state index contributed by atoms with van der Waals surface area (Å²) in [5, 5.41) is 10.1. The average molecular weight is 409 g/mol. The number of halogens is 1. The molecule has 2 aromatic rings. The summed E-state index contributed by atoms with van der Waals surface area (Å²) in [4.78, 5) is 2.50. The van der Waals surface area contributed by atoms with E-state index in [1.807, 2.05) is 24.3 Å². The van der Waals surface area contributed by atoms with Crippen molar-refractivity contribution in [3.63, 3.8) is 0 Å². The molecular weight excluding hydrogens is 384 g/mol. The second-order valence-electron chi connectivity index (χ2n) is 7.01. The Morgan fingerprint density at radius 1 is 1.15 bits per heavy atom. The molecule has 2 N–H and O–H groups in total. The van der Waals surface area contributed by atoms with Gasteiger partial charge in [-0.3, -0.25) is 4.90 Å². The van der Waals surface area contributed by atoms with Crippen LogP contribution in [-0.2, 0) is 23.1 Å². The molecule has 1 fully saturated rings. The van der Waals surface area contributed by atoms with E-state index in [0.29, 0.717) is 10.6 Å². The van der Waals surface area contributed by atoms with Crippen molar-refractivity contribution >= 4 is 21.6 Å². The fourth-order valence-corrected chi connectivity index (χ4v) is 4.83. The lowest BCUT2D eigenvalue weighted by atomic mass is 10.0. The number of aliphatic hydroxyl groups is 1. The summed E-state index contributed by atoms with van der Waals surface area (Å²) in [6.45, 7) is 4.43. The molecule has 0 amide bonds. The number of hydrogen-bond acceptors (Lipinski definition) is 4. The summed E-state index contributed by atoms with van der Waals surface area (Å²) >= 11 is 5.97. The summed E-state index contributed by atoms with van der Waals surface area (Å²) in [6.07, 6.45) is 1.36. The van der Waals surface area contributed by atoms with Crippen LogP contribution in [0.4, 0.5) is 0 Å². The van der Waals surface area contributed by atoms with Crippen LogP contribution in [0, 0.1) is 6.92 Å². The van der Waals surface area contributed by atoms with Gasteiger partial charge in [-0.2, -0.15) is 0 Å². The third-order valence-electron chi connectivity index (χ3n) is 4.96. The highest BCUT2D eigenvalue weighted by Crippen LogP contribution is 2.21. The summed E-state index contributed by atoms with van der Waals surface area (Å²) in [5.74, 6) is 0. The molecule has 0 bridgehead atoms. The van der Waals surface area contributed by atoms with Crippen molar-refractivity contribution in [1.82, 2.24) is 9.62 Å². The number of piperidine rings is 1. The van der Waals surface area contributed by atoms with E-state index in [0.717, 1.165) is 43.6 Å². The Hall–Kier alpha value is -1.44. The third kappa shape index (κ3) is 5.30. The van der Waals surface area contributed by atoms with Crippen LogP contribution in [0.5, 0.6) is 0 Å². The van der Waals surface area contributed by atoms with Crippen molar-refractivity contribution in [2.24, 2.45) is 0 Å². The third-order valence-corrected chi connectivity index (χ3v) is 6.74. The molecule has 5 nitrogen and oxygen atoms in total. The molecule has 2 aromatic carbocycles. The average Bonchev–Trinajstić information content (AvgIpc) is 2.65. The van der Waals surface area contributed by atoms with E-state index in [1.165, 1.54) is 6.07 Å². The van der Waals surface area contributed by atoms with Gasteiger partial charge in [0.05, 0.1) is 11.0 Å². The first-order chi connectivity index (χ1) is 12.8. The SMILES string of the molecule is Cc1ccc(Cl)cc1S(=O)(=O)NCc1ccccc1CN1CCC(O)CC1. The van der Waals surface area contributed by atoms with E-state index in [4.69, 9.17) is 11.6 Å². The topological polar surface area (TPSA) is 69.6 Å². The summed E-state index contributed by atoms with van der Waals surface area (Å²) in [5.41, 5.74) is 2.71. The monoisotopic (exact) mass is 408 g/mol. The minimum atomic E-state index is -3.65. The van der Waals surface area contributed by atoms with Gasteiger partial charge in [0.1, 0.15) is 0 Å². The van der Waals surface area contributed by atoms with Crippen LogP contribution in [0.3, 0.4) is 0 Å². The maximum Gasteiger partial charge on any atom is 0.241 e. The molecule has 1 aliphatic heterocycles. The first-order valence-corrected chi connectivity index (χ1v) is 10.9. The van der Waals surface area contributed by atoms with Gasteiger partial charge in [0.15, 0.2) is 0 Å². The predicted molar refractivity (Wildman–Crippen MR) is 107 cm³/mol. The Bertz CT molecular complexity index is 894. The van der Waals surface area contributed by atoms with Crippen LogP contribution in [-0.4, -0.2) is 37.6 Å². The van der Waals surface area contributed by atoms with Crippen molar-refractivity contribution < 1.29 is 13.5 Å². The van der Waals surface area contributed by atoms with Crippen molar-refractivity contribution in [2.45, 2.75) is 43.9 Å². The molecule has 146 valence electrons. The van der Waals surface area contributed by atoms with E-state index >= 15 is 0 Å². The molecule has 0 radical (unpaired) electrons. The molecule has 0 unspecified atom stereocenters. The van der Waals surface area contributed by atoms with Crippen LogP contribution in [0.1, 0.15) is 29.5 Å². The summed E-state index contributed by atoms with van der Waals surface area (Å²) < 4.78 is 28.1. The smallest absolute Gasteiger partial charge is 0.241 e. The number of aliphatic hydroxyl groups excluding tert-OH is 1. The van der Waals surface area contributed by atoms with E-state index in [1.54, 1.807) is 19.1 Å². The highest BCUT2D eigenvalue weighted by atomic mass is 35.5. The molecule has 7 heteroatoms. The Balaban J connectivity index is 1.72. The predicted octanol–water partition coefficient (Wildman–Crippen LogP) is 3.08. The molecule has 3 rings (SSSR count). The van der Waals surface area contributed by atoms with Crippen LogP contribution in [0.15, 0.2) is 47.4 Å². The van der Waals surface area contributed by atoms with Gasteiger partial charge in [-0.05, 0) is 48.6 Å². The maximum atomic E-state index is 12.7. The van der Waals surface area contributed by atoms with Crippen LogP contribution < -0.4 is 4.72 Å². The van der Waals surface area contributed by atoms with E-state index in [2.05, 4.69) is 9.62 Å². The van der Waals surface area contributed by atoms with Gasteiger partial charge in [-0.15, -0.1) is 0 Å². The molecule has 0 aliphatic carbocycles. The Morgan fingerprint density at radius 2 is 1.81 bits per heavy atom. The molecule has 27 heavy (non-hydrogen) atoms. The molecular formula is C20H25ClN2O3S. The molecule has 0 saturated carbocycles. The quantitative estimate of drug-likeness (QED) is 0.770. The minimum Gasteiger partial charge on any atom is -0.393 e. The lowest BCUT2D eigenvalue weighted by Gasteiger charge is -2.30. The number of nitrogens with zero attached hydrogens (tertiary/aromatic N) is 1. The molecule has 1 aliphatic rings. The minimum absolute atomic E-state index is 0.204. The van der Waals surface area contributed by atoms with Crippen LogP contribution >= 0.6 is 11.6 Å². The van der Waals surface area contributed by atoms with Crippen LogP contribution in [0.25, 0.3) is 0 Å². The van der Waals surface area contributed by atoms with E-state index in [9.17, 15) is 13.5 Å². The number of rotatable bonds is 6. The zero-order valence-corrected chi connectivity index (χ0v) is 16.9. The zero-order valence-electron chi connectivity index (χ0n) is 15.4. The fraction of sp³-hybridized carbons (Fsp3) is 0.400. The second kappa shape index (κ2) is 8.71. The van der Waals surface area contributed by atoms with Gasteiger partial charge in [0, 0.05) is 31.2 Å². The molecule has 0 spiro atoms. The number of aryl methyl sites for hydroxylation is 1. The summed E-state index contributed by atoms with van der Waals surface area (Å²) in [7, 11) is -3.65. The molecule has 0 aromatic heterocycles. The number of benzene rings is 2. The van der Waals surface area contributed by atoms with Gasteiger partial charge in [0.2, 0.25) is 10.0 Å². The Morgan fingerprint density at radius 3 is 2.52 bits per heavy atom. The maximum absolute atomic E-state index is 12.7. The fourth-order valence-electron chi connectivity index (χ4n) is 3.32. The Labute approximate surface area is 166 Å². The van der Waals surface area contributed by atoms with Gasteiger partial charge < -0.3 is 5.11 Å². The number of sulfonamides is 1. The van der Waals surface area contributed by atoms with Gasteiger partial charge in [0.25, 0.3) is 0 Å². The summed E-state index contributed by atoms with van der Waals surface area (Å²) in [6, 6.07) is 12.7. The highest BCUT2D eigenvalue weighted by molar-refractivity contribution is 7.89. The molecule has 1 saturated heterocycles. The zero-order chi connectivity index (χ0) is 19.4. The van der Waals surface area contributed by atoms with Crippen molar-refractivity contribution in [1.29, 1.82) is 0 Å². The molecule has 0 atom stereocenters.